The van der Waals surface area contributed by atoms with Gasteiger partial charge in [0.1, 0.15) is 0 Å². The first kappa shape index (κ1) is 34.0. The van der Waals surface area contributed by atoms with Crippen LogP contribution in [0.4, 0.5) is 22.7 Å². The lowest BCUT2D eigenvalue weighted by molar-refractivity contribution is -0.387. The standard InChI is InChI=1S/C39H31N5O5S3/c1-22-7-12-25(13-8-22)40-38-43(26-14-9-23(2)10-15-26)37(47)34(50-38)20-24-11-18-32(31(19-24)44(48)49)51-39-41-30-17-16-27(21-33(30)52-39)42-35(45)28-5-3-4-6-29(28)36(42)46/h7-21,28-29H,3-6H2,1-2H3/b34-20-,40-38?/t28-,29+. The highest BCUT2D eigenvalue weighted by Crippen LogP contribution is 2.44. The van der Waals surface area contributed by atoms with Gasteiger partial charge in [0, 0.05) is 6.07 Å². The Balaban J connectivity index is 1.07. The summed E-state index contributed by atoms with van der Waals surface area (Å²) in [5.74, 6) is -1.01. The van der Waals surface area contributed by atoms with E-state index in [-0.39, 0.29) is 35.2 Å². The highest BCUT2D eigenvalue weighted by atomic mass is 32.2. The van der Waals surface area contributed by atoms with E-state index >= 15 is 0 Å². The summed E-state index contributed by atoms with van der Waals surface area (Å²) in [6, 6.07) is 25.5. The van der Waals surface area contributed by atoms with Crippen LogP contribution in [-0.4, -0.2) is 32.8 Å². The molecule has 5 aromatic rings. The number of nitro benzene ring substituents is 1. The number of aryl methyl sites for hydroxylation is 2. The van der Waals surface area contributed by atoms with Gasteiger partial charge in [-0.2, -0.15) is 0 Å². The van der Waals surface area contributed by atoms with Gasteiger partial charge in [-0.05, 0) is 98.6 Å². The van der Waals surface area contributed by atoms with Crippen LogP contribution in [0, 0.1) is 35.8 Å². The third-order valence-corrected chi connectivity index (χ3v) is 12.6. The van der Waals surface area contributed by atoms with E-state index in [0.29, 0.717) is 47.5 Å². The van der Waals surface area contributed by atoms with Crippen molar-refractivity contribution in [2.24, 2.45) is 16.8 Å². The largest absolute Gasteiger partial charge is 0.283 e. The number of aromatic nitrogens is 1. The van der Waals surface area contributed by atoms with Crippen molar-refractivity contribution in [2.45, 2.75) is 48.8 Å². The number of thioether (sulfide) groups is 1. The first-order chi connectivity index (χ1) is 25.1. The van der Waals surface area contributed by atoms with E-state index in [2.05, 4.69) is 4.98 Å². The number of nitro groups is 1. The molecule has 260 valence electrons. The molecule has 0 N–H and O–H groups in total. The second-order valence-corrected chi connectivity index (χ2v) is 16.4. The minimum Gasteiger partial charge on any atom is -0.274 e. The molecule has 0 spiro atoms. The van der Waals surface area contributed by atoms with Gasteiger partial charge < -0.3 is 0 Å². The van der Waals surface area contributed by atoms with Gasteiger partial charge in [-0.1, -0.05) is 66.1 Å². The number of imide groups is 1. The Labute approximate surface area is 311 Å². The molecule has 10 nitrogen and oxygen atoms in total. The molecule has 3 fully saturated rings. The first-order valence-electron chi connectivity index (χ1n) is 16.8. The molecular formula is C39H31N5O5S3. The topological polar surface area (TPSA) is 126 Å². The van der Waals surface area contributed by atoms with E-state index in [1.54, 1.807) is 41.3 Å². The van der Waals surface area contributed by atoms with Crippen molar-refractivity contribution in [3.8, 4) is 0 Å². The van der Waals surface area contributed by atoms with Crippen molar-refractivity contribution in [1.82, 2.24) is 4.98 Å². The van der Waals surface area contributed by atoms with Crippen molar-refractivity contribution < 1.29 is 19.3 Å². The van der Waals surface area contributed by atoms with Crippen LogP contribution in [-0.2, 0) is 14.4 Å². The van der Waals surface area contributed by atoms with Crippen molar-refractivity contribution in [3.63, 3.8) is 0 Å². The first-order valence-corrected chi connectivity index (χ1v) is 19.3. The minimum absolute atomic E-state index is 0.116. The summed E-state index contributed by atoms with van der Waals surface area (Å²) >= 11 is 3.74. The Kier molecular flexibility index (Phi) is 9.02. The van der Waals surface area contributed by atoms with Gasteiger partial charge in [0.25, 0.3) is 11.6 Å². The second-order valence-electron chi connectivity index (χ2n) is 13.0. The van der Waals surface area contributed by atoms with Gasteiger partial charge in [0.15, 0.2) is 9.51 Å². The molecule has 3 heterocycles. The molecule has 4 aromatic carbocycles. The summed E-state index contributed by atoms with van der Waals surface area (Å²) in [5.41, 5.74) is 5.14. The van der Waals surface area contributed by atoms with Crippen LogP contribution in [0.5, 0.6) is 0 Å². The van der Waals surface area contributed by atoms with Crippen molar-refractivity contribution in [2.75, 3.05) is 9.80 Å². The van der Waals surface area contributed by atoms with Gasteiger partial charge in [0.2, 0.25) is 11.8 Å². The summed E-state index contributed by atoms with van der Waals surface area (Å²) < 4.78 is 1.36. The van der Waals surface area contributed by atoms with Crippen molar-refractivity contribution >= 4 is 96.8 Å². The fourth-order valence-electron chi connectivity index (χ4n) is 6.79. The Morgan fingerprint density at radius 2 is 1.50 bits per heavy atom. The lowest BCUT2D eigenvalue weighted by Crippen LogP contribution is -2.30. The van der Waals surface area contributed by atoms with E-state index in [4.69, 9.17) is 4.99 Å². The number of thiazole rings is 1. The predicted molar refractivity (Wildman–Crippen MR) is 207 cm³/mol. The number of amides is 3. The van der Waals surface area contributed by atoms with Crippen LogP contribution < -0.4 is 9.80 Å². The number of carbonyl (C=O) groups is 3. The molecule has 2 aliphatic heterocycles. The SMILES string of the molecule is Cc1ccc(N=C2S/C(=C\c3ccc(Sc4nc5ccc(N6C(=O)[C@H]7CCCC[C@H]7C6=O)cc5s4)c([N+](=O)[O-])c3)C(=O)N2c2ccc(C)cc2)cc1. The maximum absolute atomic E-state index is 13.8. The summed E-state index contributed by atoms with van der Waals surface area (Å²) in [7, 11) is 0. The molecule has 1 aromatic heterocycles. The highest BCUT2D eigenvalue weighted by Gasteiger charge is 2.48. The van der Waals surface area contributed by atoms with Gasteiger partial charge in [0.05, 0.1) is 53.8 Å². The third kappa shape index (κ3) is 6.44. The summed E-state index contributed by atoms with van der Waals surface area (Å²) in [4.78, 5) is 65.2. The van der Waals surface area contributed by atoms with Crippen LogP contribution in [0.15, 0.2) is 104 Å². The fourth-order valence-corrected chi connectivity index (χ4v) is 9.93. The molecular weight excluding hydrogens is 715 g/mol. The zero-order valence-electron chi connectivity index (χ0n) is 28.1. The predicted octanol–water partition coefficient (Wildman–Crippen LogP) is 9.46. The average Bonchev–Trinajstić information content (AvgIpc) is 3.76. The lowest BCUT2D eigenvalue weighted by Gasteiger charge is -2.19. The molecule has 1 aliphatic carbocycles. The molecule has 2 saturated heterocycles. The van der Waals surface area contributed by atoms with E-state index in [0.717, 1.165) is 41.5 Å². The van der Waals surface area contributed by atoms with E-state index in [1.165, 1.54) is 45.8 Å². The number of hydrogen-bond donors (Lipinski definition) is 0. The van der Waals surface area contributed by atoms with E-state index in [9.17, 15) is 24.5 Å². The minimum atomic E-state index is -0.438. The summed E-state index contributed by atoms with van der Waals surface area (Å²) in [6.07, 6.45) is 5.06. The Hall–Kier alpha value is -5.11. The van der Waals surface area contributed by atoms with Crippen LogP contribution in [0.2, 0.25) is 0 Å². The quantitative estimate of drug-likeness (QED) is 0.0698. The maximum Gasteiger partial charge on any atom is 0.283 e. The molecule has 0 radical (unpaired) electrons. The van der Waals surface area contributed by atoms with Crippen LogP contribution in [0.25, 0.3) is 16.3 Å². The lowest BCUT2D eigenvalue weighted by atomic mass is 9.81. The highest BCUT2D eigenvalue weighted by molar-refractivity contribution is 8.19. The number of carbonyl (C=O) groups excluding carboxylic acids is 3. The second kappa shape index (κ2) is 13.8. The molecule has 3 aliphatic rings. The van der Waals surface area contributed by atoms with E-state index in [1.807, 2.05) is 62.4 Å². The molecule has 2 atom stereocenters. The number of aliphatic imine (C=N–C) groups is 1. The van der Waals surface area contributed by atoms with Gasteiger partial charge in [-0.25, -0.2) is 9.98 Å². The number of nitrogens with zero attached hydrogens (tertiary/aromatic N) is 5. The number of hydrogen-bond acceptors (Lipinski definition) is 10. The summed E-state index contributed by atoms with van der Waals surface area (Å²) in [5, 5.41) is 12.8. The van der Waals surface area contributed by atoms with Crippen molar-refractivity contribution in [3.05, 3.63) is 117 Å². The van der Waals surface area contributed by atoms with Gasteiger partial charge in [-0.3, -0.25) is 34.3 Å². The fraction of sp³-hybridized carbons (Fsp3) is 0.205. The maximum atomic E-state index is 13.8. The van der Waals surface area contributed by atoms with Crippen LogP contribution >= 0.6 is 34.9 Å². The van der Waals surface area contributed by atoms with Gasteiger partial charge >= 0.3 is 0 Å². The number of amidine groups is 1. The monoisotopic (exact) mass is 745 g/mol. The number of benzene rings is 4. The number of fused-ring (bicyclic) bond motifs is 2. The zero-order chi connectivity index (χ0) is 36.1. The van der Waals surface area contributed by atoms with Crippen LogP contribution in [0.1, 0.15) is 42.4 Å². The van der Waals surface area contributed by atoms with Gasteiger partial charge in [-0.15, -0.1) is 11.3 Å². The molecule has 1 saturated carbocycles. The Morgan fingerprint density at radius 3 is 2.17 bits per heavy atom. The number of rotatable bonds is 7. The molecule has 13 heteroatoms. The smallest absolute Gasteiger partial charge is 0.274 e. The summed E-state index contributed by atoms with van der Waals surface area (Å²) in [6.45, 7) is 3.97. The molecule has 52 heavy (non-hydrogen) atoms. The third-order valence-electron chi connectivity index (χ3n) is 9.48. The number of anilines is 2. The Morgan fingerprint density at radius 1 is 0.846 bits per heavy atom. The Bertz CT molecular complexity index is 2330. The molecule has 0 unspecified atom stereocenters. The zero-order valence-corrected chi connectivity index (χ0v) is 30.6. The van der Waals surface area contributed by atoms with Crippen LogP contribution in [0.3, 0.4) is 0 Å². The van der Waals surface area contributed by atoms with Crippen molar-refractivity contribution in [1.29, 1.82) is 0 Å². The normalized spacial score (nSPS) is 20.5. The van der Waals surface area contributed by atoms with E-state index < -0.39 is 4.92 Å². The average molecular weight is 746 g/mol. The molecule has 8 rings (SSSR count). The molecule has 3 amide bonds. The molecule has 0 bridgehead atoms.